The molecule has 0 spiro atoms. The number of aromatic nitrogens is 1. The van der Waals surface area contributed by atoms with Crippen LogP contribution < -0.4 is 15.4 Å². The first-order valence-corrected chi connectivity index (χ1v) is 8.04. The molecule has 138 valence electrons. The lowest BCUT2D eigenvalue weighted by molar-refractivity contribution is -0.384. The molecule has 0 unspecified atom stereocenters. The third kappa shape index (κ3) is 5.33. The van der Waals surface area contributed by atoms with Gasteiger partial charge in [0.05, 0.1) is 18.0 Å². The number of nitro groups is 1. The molecule has 0 saturated carbocycles. The number of pyridine rings is 1. The fraction of sp³-hybridized carbons (Fsp3) is 0.294. The molecule has 0 amide bonds. The summed E-state index contributed by atoms with van der Waals surface area (Å²) in [5.41, 5.74) is 0.724. The van der Waals surface area contributed by atoms with E-state index in [-0.39, 0.29) is 42.9 Å². The van der Waals surface area contributed by atoms with Crippen molar-refractivity contribution in [3.63, 3.8) is 0 Å². The van der Waals surface area contributed by atoms with Gasteiger partial charge < -0.3 is 20.1 Å². The van der Waals surface area contributed by atoms with Crippen molar-refractivity contribution in [2.75, 3.05) is 30.8 Å². The van der Waals surface area contributed by atoms with Crippen molar-refractivity contribution in [1.82, 2.24) is 4.98 Å². The number of rotatable bonds is 9. The molecule has 0 aliphatic heterocycles. The maximum absolute atomic E-state index is 11.4. The standard InChI is InChI=1S/C17H20N4O5/c1-3-25-16(22)10-11-19-17-14(21(23)24)8-9-15(20-17)26-13-6-4-12(18-2)5-7-13/h4-9,18H,3,10-11H2,1-2H3,(H,19,20). The SMILES string of the molecule is CCOC(=O)CCNc1nc(Oc2ccc(NC)cc2)ccc1[N+](=O)[O-]. The number of ether oxygens (including phenoxy) is 2. The normalized spacial score (nSPS) is 10.1. The van der Waals surface area contributed by atoms with Gasteiger partial charge in [-0.05, 0) is 31.2 Å². The van der Waals surface area contributed by atoms with Gasteiger partial charge in [-0.25, -0.2) is 0 Å². The average molecular weight is 360 g/mol. The van der Waals surface area contributed by atoms with Gasteiger partial charge in [0, 0.05) is 31.4 Å². The highest BCUT2D eigenvalue weighted by molar-refractivity contribution is 5.70. The van der Waals surface area contributed by atoms with E-state index in [0.717, 1.165) is 5.69 Å². The first kappa shape index (κ1) is 19.0. The molecule has 1 aromatic carbocycles. The van der Waals surface area contributed by atoms with Crippen molar-refractivity contribution in [1.29, 1.82) is 0 Å². The van der Waals surface area contributed by atoms with Gasteiger partial charge in [-0.1, -0.05) is 0 Å². The van der Waals surface area contributed by atoms with Crippen LogP contribution >= 0.6 is 0 Å². The lowest BCUT2D eigenvalue weighted by Gasteiger charge is -2.09. The molecule has 9 nitrogen and oxygen atoms in total. The van der Waals surface area contributed by atoms with Crippen LogP contribution in [-0.4, -0.2) is 36.1 Å². The Labute approximate surface area is 150 Å². The first-order chi connectivity index (χ1) is 12.5. The van der Waals surface area contributed by atoms with E-state index in [1.165, 1.54) is 12.1 Å². The minimum atomic E-state index is -0.550. The summed E-state index contributed by atoms with van der Waals surface area (Å²) in [5, 5.41) is 16.9. The molecule has 26 heavy (non-hydrogen) atoms. The third-order valence-electron chi connectivity index (χ3n) is 3.34. The van der Waals surface area contributed by atoms with E-state index in [0.29, 0.717) is 5.75 Å². The number of esters is 1. The van der Waals surface area contributed by atoms with Crippen LogP contribution in [0.2, 0.25) is 0 Å². The fourth-order valence-electron chi connectivity index (χ4n) is 2.09. The Hall–Kier alpha value is -3.36. The second-order valence-corrected chi connectivity index (χ2v) is 5.13. The highest BCUT2D eigenvalue weighted by Crippen LogP contribution is 2.28. The van der Waals surface area contributed by atoms with Crippen molar-refractivity contribution in [2.24, 2.45) is 0 Å². The van der Waals surface area contributed by atoms with Crippen molar-refractivity contribution in [3.8, 4) is 11.6 Å². The number of carbonyl (C=O) groups excluding carboxylic acids is 1. The highest BCUT2D eigenvalue weighted by Gasteiger charge is 2.17. The summed E-state index contributed by atoms with van der Waals surface area (Å²) in [5.74, 6) is 0.387. The molecule has 0 aliphatic rings. The van der Waals surface area contributed by atoms with E-state index in [2.05, 4.69) is 15.6 Å². The first-order valence-electron chi connectivity index (χ1n) is 8.04. The Morgan fingerprint density at radius 2 is 1.96 bits per heavy atom. The average Bonchev–Trinajstić information content (AvgIpc) is 2.62. The van der Waals surface area contributed by atoms with Crippen LogP contribution in [0.5, 0.6) is 11.6 Å². The summed E-state index contributed by atoms with van der Waals surface area (Å²) in [4.78, 5) is 26.1. The summed E-state index contributed by atoms with van der Waals surface area (Å²) < 4.78 is 10.4. The molecule has 2 N–H and O–H groups in total. The molecule has 0 atom stereocenters. The Balaban J connectivity index is 2.10. The van der Waals surface area contributed by atoms with Gasteiger partial charge in [0.1, 0.15) is 5.75 Å². The Morgan fingerprint density at radius 1 is 1.23 bits per heavy atom. The molecule has 0 aliphatic carbocycles. The fourth-order valence-corrected chi connectivity index (χ4v) is 2.09. The van der Waals surface area contributed by atoms with E-state index in [1.54, 1.807) is 19.1 Å². The maximum Gasteiger partial charge on any atom is 0.311 e. The van der Waals surface area contributed by atoms with Gasteiger partial charge in [-0.2, -0.15) is 4.98 Å². The Bertz CT molecular complexity index is 764. The van der Waals surface area contributed by atoms with Crippen molar-refractivity contribution >= 4 is 23.2 Å². The molecular weight excluding hydrogens is 340 g/mol. The van der Waals surface area contributed by atoms with Crippen LogP contribution in [-0.2, 0) is 9.53 Å². The van der Waals surface area contributed by atoms with Crippen molar-refractivity contribution in [2.45, 2.75) is 13.3 Å². The second-order valence-electron chi connectivity index (χ2n) is 5.13. The molecule has 0 fully saturated rings. The quantitative estimate of drug-likeness (QED) is 0.398. The molecule has 2 aromatic rings. The summed E-state index contributed by atoms with van der Waals surface area (Å²) >= 11 is 0. The zero-order chi connectivity index (χ0) is 18.9. The summed E-state index contributed by atoms with van der Waals surface area (Å²) in [7, 11) is 1.81. The zero-order valence-corrected chi connectivity index (χ0v) is 14.5. The van der Waals surface area contributed by atoms with Gasteiger partial charge in [0.25, 0.3) is 0 Å². The topological polar surface area (TPSA) is 116 Å². The monoisotopic (exact) mass is 360 g/mol. The summed E-state index contributed by atoms with van der Waals surface area (Å²) in [6, 6.07) is 9.89. The Morgan fingerprint density at radius 3 is 2.58 bits per heavy atom. The number of nitrogens with one attached hydrogen (secondary N) is 2. The number of carbonyl (C=O) groups is 1. The lowest BCUT2D eigenvalue weighted by Crippen LogP contribution is -2.13. The second kappa shape index (κ2) is 9.21. The molecular formula is C17H20N4O5. The van der Waals surface area contributed by atoms with E-state index in [1.807, 2.05) is 19.2 Å². The van der Waals surface area contributed by atoms with E-state index in [4.69, 9.17) is 9.47 Å². The number of nitrogens with zero attached hydrogens (tertiary/aromatic N) is 2. The lowest BCUT2D eigenvalue weighted by atomic mass is 10.3. The molecule has 1 heterocycles. The summed E-state index contributed by atoms with van der Waals surface area (Å²) in [6.07, 6.45) is 0.0727. The number of hydrogen-bond acceptors (Lipinski definition) is 8. The van der Waals surface area contributed by atoms with Gasteiger partial charge in [-0.15, -0.1) is 0 Å². The van der Waals surface area contributed by atoms with Gasteiger partial charge in [0.15, 0.2) is 0 Å². The van der Waals surface area contributed by atoms with Gasteiger partial charge in [-0.3, -0.25) is 14.9 Å². The van der Waals surface area contributed by atoms with Gasteiger partial charge >= 0.3 is 11.7 Å². The van der Waals surface area contributed by atoms with Crippen molar-refractivity contribution < 1.29 is 19.2 Å². The molecule has 9 heteroatoms. The molecule has 1 aromatic heterocycles. The maximum atomic E-state index is 11.4. The van der Waals surface area contributed by atoms with Crippen molar-refractivity contribution in [3.05, 3.63) is 46.5 Å². The molecule has 0 saturated heterocycles. The summed E-state index contributed by atoms with van der Waals surface area (Å²) in [6.45, 7) is 2.15. The minimum Gasteiger partial charge on any atom is -0.466 e. The Kier molecular flexibility index (Phi) is 6.72. The number of benzene rings is 1. The van der Waals surface area contributed by atoms with Crippen LogP contribution in [0.4, 0.5) is 17.2 Å². The highest BCUT2D eigenvalue weighted by atomic mass is 16.6. The number of hydrogen-bond donors (Lipinski definition) is 2. The van der Waals surface area contributed by atoms with E-state index >= 15 is 0 Å². The number of anilines is 2. The predicted molar refractivity (Wildman–Crippen MR) is 96.7 cm³/mol. The van der Waals surface area contributed by atoms with Crippen LogP contribution in [0.1, 0.15) is 13.3 Å². The van der Waals surface area contributed by atoms with Crippen LogP contribution in [0, 0.1) is 10.1 Å². The van der Waals surface area contributed by atoms with Crippen LogP contribution in [0.25, 0.3) is 0 Å². The van der Waals surface area contributed by atoms with Crippen LogP contribution in [0.15, 0.2) is 36.4 Å². The molecule has 0 bridgehead atoms. The van der Waals surface area contributed by atoms with Gasteiger partial charge in [0.2, 0.25) is 11.7 Å². The van der Waals surface area contributed by atoms with E-state index < -0.39 is 4.92 Å². The molecule has 0 radical (unpaired) electrons. The largest absolute Gasteiger partial charge is 0.466 e. The third-order valence-corrected chi connectivity index (χ3v) is 3.34. The molecule has 2 rings (SSSR count). The smallest absolute Gasteiger partial charge is 0.311 e. The van der Waals surface area contributed by atoms with E-state index in [9.17, 15) is 14.9 Å². The predicted octanol–water partition coefficient (Wildman–Crippen LogP) is 3.19. The van der Waals surface area contributed by atoms with Crippen LogP contribution in [0.3, 0.4) is 0 Å². The minimum absolute atomic E-state index is 0.0312. The zero-order valence-electron chi connectivity index (χ0n) is 14.5.